The zero-order valence-electron chi connectivity index (χ0n) is 12.1. The van der Waals surface area contributed by atoms with Crippen LogP contribution in [0.3, 0.4) is 0 Å². The molecule has 0 unspecified atom stereocenters. The number of benzene rings is 1. The molecule has 2 aromatic heterocycles. The van der Waals surface area contributed by atoms with Crippen molar-refractivity contribution in [3.8, 4) is 5.69 Å². The number of carbonyl (C=O) groups is 1. The summed E-state index contributed by atoms with van der Waals surface area (Å²) in [5, 5.41) is 13.8. The van der Waals surface area contributed by atoms with E-state index >= 15 is 0 Å². The lowest BCUT2D eigenvalue weighted by Gasteiger charge is -2.04. The second-order valence-electron chi connectivity index (χ2n) is 5.04. The maximum absolute atomic E-state index is 11.3. The number of hydrogen-bond acceptors (Lipinski definition) is 3. The molecule has 22 heavy (non-hydrogen) atoms. The number of aryl methyl sites for hydroxylation is 1. The van der Waals surface area contributed by atoms with Gasteiger partial charge in [-0.05, 0) is 36.8 Å². The van der Waals surface area contributed by atoms with Crippen molar-refractivity contribution in [2.45, 2.75) is 13.3 Å². The average molecular weight is 293 g/mol. The molecule has 5 nitrogen and oxygen atoms in total. The van der Waals surface area contributed by atoms with Gasteiger partial charge >= 0.3 is 5.97 Å². The molecule has 0 aliphatic carbocycles. The van der Waals surface area contributed by atoms with E-state index in [2.05, 4.69) is 10.1 Å². The van der Waals surface area contributed by atoms with Crippen molar-refractivity contribution in [3.05, 3.63) is 77.4 Å². The lowest BCUT2D eigenvalue weighted by molar-refractivity contribution is 0.0695. The highest BCUT2D eigenvalue weighted by Gasteiger charge is 2.13. The largest absolute Gasteiger partial charge is 0.478 e. The Bertz CT molecular complexity index is 810. The van der Waals surface area contributed by atoms with Gasteiger partial charge in [0.1, 0.15) is 0 Å². The summed E-state index contributed by atoms with van der Waals surface area (Å²) in [7, 11) is 0. The SMILES string of the molecule is Cc1cc(Cc2cnccc2C(=O)O)nn1-c1ccccc1. The lowest BCUT2D eigenvalue weighted by atomic mass is 10.1. The van der Waals surface area contributed by atoms with Crippen LogP contribution >= 0.6 is 0 Å². The predicted molar refractivity (Wildman–Crippen MR) is 82.3 cm³/mol. The van der Waals surface area contributed by atoms with Crippen molar-refractivity contribution in [1.29, 1.82) is 0 Å². The second kappa shape index (κ2) is 5.81. The van der Waals surface area contributed by atoms with Gasteiger partial charge in [-0.1, -0.05) is 18.2 Å². The fourth-order valence-corrected chi connectivity index (χ4v) is 2.43. The van der Waals surface area contributed by atoms with Crippen LogP contribution in [0.15, 0.2) is 54.9 Å². The first-order chi connectivity index (χ1) is 10.6. The quantitative estimate of drug-likeness (QED) is 0.803. The summed E-state index contributed by atoms with van der Waals surface area (Å²) in [5.74, 6) is -0.948. The molecule has 0 atom stereocenters. The molecule has 1 N–H and O–H groups in total. The van der Waals surface area contributed by atoms with E-state index in [0.717, 1.165) is 17.1 Å². The topological polar surface area (TPSA) is 68.0 Å². The van der Waals surface area contributed by atoms with Gasteiger partial charge in [0.2, 0.25) is 0 Å². The third-order valence-electron chi connectivity index (χ3n) is 3.44. The summed E-state index contributed by atoms with van der Waals surface area (Å²) < 4.78 is 1.85. The van der Waals surface area contributed by atoms with Crippen LogP contribution in [0.25, 0.3) is 5.69 Å². The van der Waals surface area contributed by atoms with E-state index in [-0.39, 0.29) is 5.56 Å². The third kappa shape index (κ3) is 2.74. The van der Waals surface area contributed by atoms with Crippen molar-refractivity contribution in [3.63, 3.8) is 0 Å². The molecule has 110 valence electrons. The number of hydrogen-bond donors (Lipinski definition) is 1. The molecule has 3 aromatic rings. The normalized spacial score (nSPS) is 10.6. The standard InChI is InChI=1S/C17H15N3O2/c1-12-9-14(19-20(12)15-5-3-2-4-6-15)10-13-11-18-8-7-16(13)17(21)22/h2-9,11H,10H2,1H3,(H,21,22). The van der Waals surface area contributed by atoms with Crippen LogP contribution in [0.5, 0.6) is 0 Å². The number of carboxylic acid groups (broad SMARTS) is 1. The number of pyridine rings is 1. The minimum absolute atomic E-state index is 0.266. The Morgan fingerprint density at radius 1 is 1.23 bits per heavy atom. The Labute approximate surface area is 127 Å². The smallest absolute Gasteiger partial charge is 0.336 e. The van der Waals surface area contributed by atoms with Crippen molar-refractivity contribution in [2.75, 3.05) is 0 Å². The highest BCUT2D eigenvalue weighted by atomic mass is 16.4. The van der Waals surface area contributed by atoms with Crippen molar-refractivity contribution >= 4 is 5.97 Å². The first-order valence-corrected chi connectivity index (χ1v) is 6.92. The zero-order valence-corrected chi connectivity index (χ0v) is 12.1. The molecule has 5 heteroatoms. The van der Waals surface area contributed by atoms with Gasteiger partial charge in [-0.25, -0.2) is 9.48 Å². The fourth-order valence-electron chi connectivity index (χ4n) is 2.43. The molecule has 0 saturated heterocycles. The Morgan fingerprint density at radius 3 is 2.73 bits per heavy atom. The molecular weight excluding hydrogens is 278 g/mol. The Morgan fingerprint density at radius 2 is 2.00 bits per heavy atom. The Balaban J connectivity index is 1.94. The molecule has 2 heterocycles. The molecule has 0 spiro atoms. The monoisotopic (exact) mass is 293 g/mol. The molecule has 0 saturated carbocycles. The van der Waals surface area contributed by atoms with Crippen LogP contribution < -0.4 is 0 Å². The first kappa shape index (κ1) is 14.0. The molecule has 0 bridgehead atoms. The van der Waals surface area contributed by atoms with Crippen LogP contribution in [0.4, 0.5) is 0 Å². The maximum atomic E-state index is 11.3. The summed E-state index contributed by atoms with van der Waals surface area (Å²) in [6, 6.07) is 13.3. The van der Waals surface area contributed by atoms with E-state index in [1.807, 2.05) is 48.0 Å². The van der Waals surface area contributed by atoms with Gasteiger partial charge in [0.15, 0.2) is 0 Å². The molecule has 0 amide bonds. The van der Waals surface area contributed by atoms with E-state index in [4.69, 9.17) is 0 Å². The van der Waals surface area contributed by atoms with Crippen LogP contribution in [0.1, 0.15) is 27.3 Å². The Kier molecular flexibility index (Phi) is 3.70. The molecular formula is C17H15N3O2. The minimum Gasteiger partial charge on any atom is -0.478 e. The first-order valence-electron chi connectivity index (χ1n) is 6.92. The summed E-state index contributed by atoms with van der Waals surface area (Å²) in [6.07, 6.45) is 3.51. The van der Waals surface area contributed by atoms with Crippen LogP contribution in [-0.2, 0) is 6.42 Å². The van der Waals surface area contributed by atoms with Crippen LogP contribution in [-0.4, -0.2) is 25.8 Å². The van der Waals surface area contributed by atoms with E-state index in [9.17, 15) is 9.90 Å². The number of carboxylic acids is 1. The number of para-hydroxylation sites is 1. The number of aromatic carboxylic acids is 1. The van der Waals surface area contributed by atoms with Crippen molar-refractivity contribution in [1.82, 2.24) is 14.8 Å². The third-order valence-corrected chi connectivity index (χ3v) is 3.44. The van der Waals surface area contributed by atoms with Gasteiger partial charge in [-0.15, -0.1) is 0 Å². The summed E-state index contributed by atoms with van der Waals surface area (Å²) in [5.41, 5.74) is 3.73. The van der Waals surface area contributed by atoms with Gasteiger partial charge in [0.05, 0.1) is 16.9 Å². The van der Waals surface area contributed by atoms with Crippen molar-refractivity contribution in [2.24, 2.45) is 0 Å². The van der Waals surface area contributed by atoms with Gasteiger partial charge in [-0.3, -0.25) is 4.98 Å². The molecule has 3 rings (SSSR count). The summed E-state index contributed by atoms with van der Waals surface area (Å²) in [4.78, 5) is 15.3. The van der Waals surface area contributed by atoms with E-state index < -0.39 is 5.97 Å². The average Bonchev–Trinajstić information content (AvgIpc) is 2.89. The second-order valence-corrected chi connectivity index (χ2v) is 5.04. The van der Waals surface area contributed by atoms with Crippen molar-refractivity contribution < 1.29 is 9.90 Å². The van der Waals surface area contributed by atoms with Crippen LogP contribution in [0, 0.1) is 6.92 Å². The van der Waals surface area contributed by atoms with Crippen LogP contribution in [0.2, 0.25) is 0 Å². The minimum atomic E-state index is -0.948. The lowest BCUT2D eigenvalue weighted by Crippen LogP contribution is -2.04. The molecule has 0 aliphatic rings. The van der Waals surface area contributed by atoms with Gasteiger partial charge in [0.25, 0.3) is 0 Å². The summed E-state index contributed by atoms with van der Waals surface area (Å²) in [6.45, 7) is 1.98. The van der Waals surface area contributed by atoms with E-state index in [1.165, 1.54) is 12.3 Å². The number of nitrogens with zero attached hydrogens (tertiary/aromatic N) is 3. The van der Waals surface area contributed by atoms with Gasteiger partial charge < -0.3 is 5.11 Å². The molecule has 0 aliphatic heterocycles. The van der Waals surface area contributed by atoms with Gasteiger partial charge in [-0.2, -0.15) is 5.10 Å². The van der Waals surface area contributed by atoms with E-state index in [1.54, 1.807) is 6.20 Å². The predicted octanol–water partition coefficient (Wildman–Crippen LogP) is 2.86. The maximum Gasteiger partial charge on any atom is 0.336 e. The molecule has 0 fully saturated rings. The fraction of sp³-hybridized carbons (Fsp3) is 0.118. The highest BCUT2D eigenvalue weighted by Crippen LogP contribution is 2.16. The number of aromatic nitrogens is 3. The van der Waals surface area contributed by atoms with E-state index in [0.29, 0.717) is 12.0 Å². The molecule has 1 aromatic carbocycles. The summed E-state index contributed by atoms with van der Waals surface area (Å²) >= 11 is 0. The highest BCUT2D eigenvalue weighted by molar-refractivity contribution is 5.89. The number of rotatable bonds is 4. The molecule has 0 radical (unpaired) electrons. The zero-order chi connectivity index (χ0) is 15.5. The van der Waals surface area contributed by atoms with Gasteiger partial charge in [0, 0.05) is 24.5 Å². The Hall–Kier alpha value is -2.95.